The number of anilines is 1. The number of aryl methyl sites for hydroxylation is 1. The fourth-order valence-corrected chi connectivity index (χ4v) is 2.20. The molecule has 0 heterocycles. The van der Waals surface area contributed by atoms with Gasteiger partial charge >= 0.3 is 6.03 Å². The Morgan fingerprint density at radius 1 is 1.33 bits per heavy atom. The highest BCUT2D eigenvalue weighted by Crippen LogP contribution is 2.29. The average molecular weight is 335 g/mol. The Bertz CT molecular complexity index is 509. The van der Waals surface area contributed by atoms with E-state index in [1.165, 1.54) is 4.90 Å². The normalized spacial score (nSPS) is 13.7. The van der Waals surface area contributed by atoms with Crippen molar-refractivity contribution in [2.75, 3.05) is 18.5 Å². The predicted molar refractivity (Wildman–Crippen MR) is 85.2 cm³/mol. The molecule has 1 rings (SSSR count). The Morgan fingerprint density at radius 2 is 1.95 bits per heavy atom. The summed E-state index contributed by atoms with van der Waals surface area (Å²) >= 11 is 12.1. The minimum atomic E-state index is -0.707. The summed E-state index contributed by atoms with van der Waals surface area (Å²) in [6.45, 7) is 4.96. The molecule has 118 valence electrons. The monoisotopic (exact) mass is 334 g/mol. The van der Waals surface area contributed by atoms with Gasteiger partial charge < -0.3 is 20.4 Å². The highest BCUT2D eigenvalue weighted by Gasteiger charge is 2.22. The van der Waals surface area contributed by atoms with E-state index in [9.17, 15) is 15.0 Å². The van der Waals surface area contributed by atoms with Crippen LogP contribution in [-0.4, -0.2) is 46.4 Å². The lowest BCUT2D eigenvalue weighted by atomic mass is 10.2. The molecule has 0 fully saturated rings. The summed E-state index contributed by atoms with van der Waals surface area (Å²) in [6, 6.07) is 2.34. The second kappa shape index (κ2) is 7.84. The van der Waals surface area contributed by atoms with Crippen LogP contribution in [0.3, 0.4) is 0 Å². The second-order valence-corrected chi connectivity index (χ2v) is 5.86. The van der Waals surface area contributed by atoms with Gasteiger partial charge in [-0.25, -0.2) is 4.79 Å². The van der Waals surface area contributed by atoms with Crippen molar-refractivity contribution in [3.8, 4) is 0 Å². The lowest BCUT2D eigenvalue weighted by molar-refractivity contribution is 0.0995. The van der Waals surface area contributed by atoms with Crippen LogP contribution in [0.15, 0.2) is 12.1 Å². The van der Waals surface area contributed by atoms with Crippen molar-refractivity contribution in [3.05, 3.63) is 27.7 Å². The highest BCUT2D eigenvalue weighted by atomic mass is 35.5. The summed E-state index contributed by atoms with van der Waals surface area (Å²) in [5.74, 6) is 0. The van der Waals surface area contributed by atoms with Crippen molar-refractivity contribution in [2.45, 2.75) is 32.9 Å². The van der Waals surface area contributed by atoms with Crippen LogP contribution in [0.25, 0.3) is 0 Å². The number of carbonyl (C=O) groups excluding carboxylic acids is 1. The maximum atomic E-state index is 12.3. The summed E-state index contributed by atoms with van der Waals surface area (Å²) in [5.41, 5.74) is 1.20. The molecule has 0 aliphatic carbocycles. The van der Waals surface area contributed by atoms with Crippen molar-refractivity contribution < 1.29 is 15.0 Å². The Labute approximate surface area is 134 Å². The molecule has 0 radical (unpaired) electrons. The van der Waals surface area contributed by atoms with Gasteiger partial charge in [0.05, 0.1) is 29.5 Å². The lowest BCUT2D eigenvalue weighted by Crippen LogP contribution is -2.46. The first-order chi connectivity index (χ1) is 9.76. The molecule has 7 heteroatoms. The molecule has 1 aromatic rings. The molecule has 5 nitrogen and oxygen atoms in total. The van der Waals surface area contributed by atoms with Crippen LogP contribution in [0.2, 0.25) is 10.0 Å². The predicted octanol–water partition coefficient (Wildman–Crippen LogP) is 2.90. The van der Waals surface area contributed by atoms with Gasteiger partial charge in [-0.05, 0) is 38.5 Å². The van der Waals surface area contributed by atoms with Crippen molar-refractivity contribution in [2.24, 2.45) is 0 Å². The maximum absolute atomic E-state index is 12.3. The minimum absolute atomic E-state index is 0.102. The van der Waals surface area contributed by atoms with Gasteiger partial charge in [0.25, 0.3) is 0 Å². The average Bonchev–Trinajstić information content (AvgIpc) is 2.41. The Balaban J connectivity index is 2.93. The van der Waals surface area contributed by atoms with Crippen LogP contribution in [0, 0.1) is 6.92 Å². The molecule has 3 N–H and O–H groups in total. The van der Waals surface area contributed by atoms with E-state index >= 15 is 0 Å². The van der Waals surface area contributed by atoms with E-state index in [0.717, 1.165) is 5.56 Å². The van der Waals surface area contributed by atoms with Gasteiger partial charge in [0.1, 0.15) is 0 Å². The summed E-state index contributed by atoms with van der Waals surface area (Å²) in [6.07, 6.45) is -0.707. The minimum Gasteiger partial charge on any atom is -0.394 e. The molecule has 0 spiro atoms. The van der Waals surface area contributed by atoms with E-state index in [-0.39, 0.29) is 13.2 Å². The molecule has 2 amide bonds. The van der Waals surface area contributed by atoms with Crippen LogP contribution < -0.4 is 5.32 Å². The summed E-state index contributed by atoms with van der Waals surface area (Å²) in [7, 11) is 0. The lowest BCUT2D eigenvalue weighted by Gasteiger charge is -2.29. The van der Waals surface area contributed by atoms with Gasteiger partial charge in [-0.3, -0.25) is 0 Å². The highest BCUT2D eigenvalue weighted by molar-refractivity contribution is 6.36. The Kier molecular flexibility index (Phi) is 6.74. The molecule has 0 aromatic heterocycles. The number of nitrogens with one attached hydrogen (secondary N) is 1. The fraction of sp³-hybridized carbons (Fsp3) is 0.500. The van der Waals surface area contributed by atoms with E-state index in [0.29, 0.717) is 15.7 Å². The summed E-state index contributed by atoms with van der Waals surface area (Å²) in [4.78, 5) is 13.6. The van der Waals surface area contributed by atoms with Gasteiger partial charge in [-0.2, -0.15) is 0 Å². The van der Waals surface area contributed by atoms with Crippen molar-refractivity contribution in [1.29, 1.82) is 0 Å². The van der Waals surface area contributed by atoms with E-state index in [4.69, 9.17) is 23.2 Å². The molecule has 0 aliphatic heterocycles. The molecular weight excluding hydrogens is 315 g/mol. The Morgan fingerprint density at radius 3 is 2.48 bits per heavy atom. The molecule has 0 saturated carbocycles. The smallest absolute Gasteiger partial charge is 0.322 e. The molecule has 0 saturated heterocycles. The number of halogens is 2. The zero-order chi connectivity index (χ0) is 16.2. The van der Waals surface area contributed by atoms with E-state index in [1.807, 2.05) is 6.92 Å². The first-order valence-corrected chi connectivity index (χ1v) is 7.34. The van der Waals surface area contributed by atoms with Gasteiger partial charge in [-0.15, -0.1) is 0 Å². The van der Waals surface area contributed by atoms with Crippen LogP contribution in [0.5, 0.6) is 0 Å². The first kappa shape index (κ1) is 18.0. The molecule has 1 aromatic carbocycles. The van der Waals surface area contributed by atoms with Gasteiger partial charge in [0.2, 0.25) is 0 Å². The third-order valence-electron chi connectivity index (χ3n) is 3.01. The van der Waals surface area contributed by atoms with Gasteiger partial charge in [-0.1, -0.05) is 23.2 Å². The van der Waals surface area contributed by atoms with Gasteiger partial charge in [0.15, 0.2) is 0 Å². The van der Waals surface area contributed by atoms with Crippen LogP contribution in [0.1, 0.15) is 19.4 Å². The number of rotatable bonds is 5. The van der Waals surface area contributed by atoms with Crippen LogP contribution in [0.4, 0.5) is 10.5 Å². The quantitative estimate of drug-likeness (QED) is 0.775. The zero-order valence-electron chi connectivity index (χ0n) is 12.2. The van der Waals surface area contributed by atoms with Gasteiger partial charge in [0, 0.05) is 11.6 Å². The fourth-order valence-electron chi connectivity index (χ4n) is 1.78. The SMILES string of the molecule is Cc1cc(Cl)c(NC(=O)N(CC(C)O)C(C)CO)cc1Cl. The summed E-state index contributed by atoms with van der Waals surface area (Å²) in [5, 5.41) is 22.2. The number of benzene rings is 1. The van der Waals surface area contributed by atoms with Crippen LogP contribution in [-0.2, 0) is 0 Å². The number of amides is 2. The molecule has 21 heavy (non-hydrogen) atoms. The number of urea groups is 1. The third-order valence-corrected chi connectivity index (χ3v) is 3.73. The zero-order valence-corrected chi connectivity index (χ0v) is 13.7. The second-order valence-electron chi connectivity index (χ2n) is 5.04. The largest absolute Gasteiger partial charge is 0.394 e. The van der Waals surface area contributed by atoms with E-state index in [2.05, 4.69) is 5.32 Å². The number of hydrogen-bond donors (Lipinski definition) is 3. The van der Waals surface area contributed by atoms with E-state index < -0.39 is 18.2 Å². The number of aliphatic hydroxyl groups excluding tert-OH is 2. The first-order valence-electron chi connectivity index (χ1n) is 6.58. The molecule has 0 aliphatic rings. The topological polar surface area (TPSA) is 72.8 Å². The number of carbonyl (C=O) groups is 1. The van der Waals surface area contributed by atoms with Crippen molar-refractivity contribution in [3.63, 3.8) is 0 Å². The molecule has 2 unspecified atom stereocenters. The van der Waals surface area contributed by atoms with E-state index in [1.54, 1.807) is 26.0 Å². The summed E-state index contributed by atoms with van der Waals surface area (Å²) < 4.78 is 0. The number of aliphatic hydroxyl groups is 2. The molecular formula is C14H20Cl2N2O3. The molecule has 2 atom stereocenters. The number of hydrogen-bond acceptors (Lipinski definition) is 3. The molecule has 0 bridgehead atoms. The van der Waals surface area contributed by atoms with Crippen molar-refractivity contribution >= 4 is 34.9 Å². The number of nitrogens with zero attached hydrogens (tertiary/aromatic N) is 1. The van der Waals surface area contributed by atoms with Crippen molar-refractivity contribution in [1.82, 2.24) is 4.90 Å². The third kappa shape index (κ3) is 5.04. The maximum Gasteiger partial charge on any atom is 0.322 e. The van der Waals surface area contributed by atoms with Crippen LogP contribution >= 0.6 is 23.2 Å². The Hall–Kier alpha value is -1.01. The standard InChI is InChI=1S/C14H20Cl2N2O3/c1-8-4-12(16)13(5-11(8)15)17-14(21)18(6-10(3)20)9(2)7-19/h4-5,9-10,19-20H,6-7H2,1-3H3,(H,17,21).